The summed E-state index contributed by atoms with van der Waals surface area (Å²) in [5, 5.41) is 23.0. The largest absolute Gasteiger partial charge is 0.481 e. The summed E-state index contributed by atoms with van der Waals surface area (Å²) in [5.74, 6) is -1.22. The molecule has 2 atom stereocenters. The van der Waals surface area contributed by atoms with Crippen LogP contribution in [-0.2, 0) is 4.79 Å². The van der Waals surface area contributed by atoms with Crippen LogP contribution in [0, 0.1) is 23.6 Å². The second-order valence-electron chi connectivity index (χ2n) is 9.38. The van der Waals surface area contributed by atoms with Crippen molar-refractivity contribution in [2.45, 2.75) is 50.5 Å². The number of carboxylic acids is 1. The number of nitrogens with one attached hydrogen (secondary N) is 3. The van der Waals surface area contributed by atoms with Crippen LogP contribution in [0.4, 0.5) is 20.4 Å². The zero-order chi connectivity index (χ0) is 22.0. The highest BCUT2D eigenvalue weighted by Crippen LogP contribution is 2.47. The van der Waals surface area contributed by atoms with Gasteiger partial charge in [-0.3, -0.25) is 9.89 Å². The highest BCUT2D eigenvalue weighted by molar-refractivity contribution is 5.79. The van der Waals surface area contributed by atoms with Gasteiger partial charge in [-0.25, -0.2) is 18.7 Å². The average Bonchev–Trinajstić information content (AvgIpc) is 3.55. The van der Waals surface area contributed by atoms with Gasteiger partial charge in [-0.1, -0.05) is 0 Å². The highest BCUT2D eigenvalue weighted by Gasteiger charge is 2.48. The van der Waals surface area contributed by atoms with Crippen molar-refractivity contribution in [2.75, 3.05) is 17.2 Å². The molecule has 4 N–H and O–H groups in total. The van der Waals surface area contributed by atoms with Gasteiger partial charge in [-0.15, -0.1) is 0 Å². The molecule has 0 saturated heterocycles. The zero-order valence-corrected chi connectivity index (χ0v) is 17.4. The van der Waals surface area contributed by atoms with E-state index in [9.17, 15) is 14.3 Å². The number of aliphatic carboxylic acids is 1. The molecule has 2 bridgehead atoms. The molecule has 7 rings (SSSR count). The normalized spacial score (nSPS) is 28.6. The number of hydrogen-bond donors (Lipinski definition) is 4. The van der Waals surface area contributed by atoms with Crippen molar-refractivity contribution < 1.29 is 18.7 Å². The molecule has 2 aromatic rings. The molecule has 8 nitrogen and oxygen atoms in total. The molecule has 3 heterocycles. The Kier molecular flexibility index (Phi) is 4.44. The zero-order valence-electron chi connectivity index (χ0n) is 17.4. The van der Waals surface area contributed by atoms with Crippen LogP contribution in [0.3, 0.4) is 0 Å². The smallest absolute Gasteiger partial charge is 0.308 e. The number of anilines is 2. The van der Waals surface area contributed by atoms with Crippen LogP contribution in [-0.4, -0.2) is 43.8 Å². The SMILES string of the molecule is O=C(O)[C@H]1C2CCC(CC2)[C@@H]1Nc1nc(-c2n[nH]c3c2C=C(F)CN3)nc(C2CC2)c1F. The number of halogens is 2. The Morgan fingerprint density at radius 2 is 1.84 bits per heavy atom. The number of hydrogen-bond acceptors (Lipinski definition) is 6. The Bertz CT molecular complexity index is 1120. The molecule has 4 fully saturated rings. The Balaban J connectivity index is 1.42. The van der Waals surface area contributed by atoms with Crippen LogP contribution >= 0.6 is 0 Å². The molecule has 0 aromatic carbocycles. The van der Waals surface area contributed by atoms with Crippen molar-refractivity contribution in [1.29, 1.82) is 0 Å². The van der Waals surface area contributed by atoms with E-state index in [2.05, 4.69) is 30.8 Å². The predicted molar refractivity (Wildman–Crippen MR) is 113 cm³/mol. The number of fused-ring (bicyclic) bond motifs is 4. The summed E-state index contributed by atoms with van der Waals surface area (Å²) in [6, 6.07) is -0.378. The Morgan fingerprint density at radius 3 is 2.56 bits per heavy atom. The predicted octanol–water partition coefficient (Wildman–Crippen LogP) is 3.92. The Hall–Kier alpha value is -3.04. The fourth-order valence-electron chi connectivity index (χ4n) is 5.64. The summed E-state index contributed by atoms with van der Waals surface area (Å²) in [5.41, 5.74) is 1.15. The molecule has 10 heteroatoms. The lowest BCUT2D eigenvalue weighted by molar-refractivity contribution is -0.148. The van der Waals surface area contributed by atoms with E-state index in [0.29, 0.717) is 22.8 Å². The van der Waals surface area contributed by atoms with Crippen LogP contribution in [0.5, 0.6) is 0 Å². The van der Waals surface area contributed by atoms with Crippen LogP contribution in [0.1, 0.15) is 55.7 Å². The maximum absolute atomic E-state index is 15.5. The van der Waals surface area contributed by atoms with Gasteiger partial charge in [0.25, 0.3) is 0 Å². The van der Waals surface area contributed by atoms with Crippen molar-refractivity contribution in [3.8, 4) is 11.5 Å². The molecule has 0 spiro atoms. The second kappa shape index (κ2) is 7.25. The third-order valence-corrected chi connectivity index (χ3v) is 7.40. The van der Waals surface area contributed by atoms with E-state index >= 15 is 4.39 Å². The fourth-order valence-corrected chi connectivity index (χ4v) is 5.64. The molecule has 2 aromatic heterocycles. The van der Waals surface area contributed by atoms with Crippen molar-refractivity contribution >= 4 is 23.7 Å². The number of nitrogens with zero attached hydrogens (tertiary/aromatic N) is 3. The molecule has 32 heavy (non-hydrogen) atoms. The summed E-state index contributed by atoms with van der Waals surface area (Å²) in [4.78, 5) is 20.9. The first-order valence-corrected chi connectivity index (χ1v) is 11.2. The van der Waals surface area contributed by atoms with Crippen LogP contribution in [0.25, 0.3) is 17.6 Å². The van der Waals surface area contributed by atoms with Crippen LogP contribution in [0.15, 0.2) is 5.83 Å². The molecule has 168 valence electrons. The summed E-state index contributed by atoms with van der Waals surface area (Å²) < 4.78 is 29.4. The van der Waals surface area contributed by atoms with E-state index in [1.54, 1.807) is 0 Å². The molecule has 4 aliphatic carbocycles. The first-order chi connectivity index (χ1) is 15.5. The van der Waals surface area contributed by atoms with Gasteiger partial charge in [0.15, 0.2) is 17.5 Å². The number of aromatic amines is 1. The number of rotatable bonds is 5. The monoisotopic (exact) mass is 442 g/mol. The maximum Gasteiger partial charge on any atom is 0.308 e. The molecule has 0 unspecified atom stereocenters. The molecule has 0 amide bonds. The summed E-state index contributed by atoms with van der Waals surface area (Å²) >= 11 is 0. The van der Waals surface area contributed by atoms with E-state index in [1.807, 2.05) is 0 Å². The Labute approximate surface area is 182 Å². The number of carbonyl (C=O) groups is 1. The minimum absolute atomic E-state index is 0.00977. The van der Waals surface area contributed by atoms with Gasteiger partial charge in [0.2, 0.25) is 0 Å². The van der Waals surface area contributed by atoms with Crippen molar-refractivity contribution in [1.82, 2.24) is 20.2 Å². The minimum Gasteiger partial charge on any atom is -0.481 e. The van der Waals surface area contributed by atoms with Crippen LogP contribution < -0.4 is 10.6 Å². The summed E-state index contributed by atoms with van der Waals surface area (Å²) in [7, 11) is 0. The second-order valence-corrected chi connectivity index (χ2v) is 9.38. The average molecular weight is 442 g/mol. The van der Waals surface area contributed by atoms with E-state index < -0.39 is 17.7 Å². The molecule has 5 aliphatic rings. The molecular formula is C22H24F2N6O2. The number of aromatic nitrogens is 4. The number of carboxylic acid groups (broad SMARTS) is 1. The van der Waals surface area contributed by atoms with E-state index in [1.165, 1.54) is 6.08 Å². The lowest BCUT2D eigenvalue weighted by atomic mass is 9.61. The third kappa shape index (κ3) is 3.15. The fraction of sp³-hybridized carbons (Fsp3) is 0.545. The molecular weight excluding hydrogens is 418 g/mol. The standard InChI is InChI=1S/C22H24F2N6O2/c23-12-7-13-18(29-30-19(13)25-8-12)21-27-17(11-5-6-11)15(24)20(28-21)26-16-10-3-1-9(2-4-10)14(16)22(31)32/h7,9-11,14,16H,1-6,8H2,(H,31,32)(H2,25,29,30)(H,26,27,28)/t9?,10?,14-,16-/m0/s1. The van der Waals surface area contributed by atoms with Gasteiger partial charge >= 0.3 is 5.97 Å². The van der Waals surface area contributed by atoms with Gasteiger partial charge < -0.3 is 15.7 Å². The van der Waals surface area contributed by atoms with Crippen molar-refractivity contribution in [3.05, 3.63) is 22.9 Å². The summed E-state index contributed by atoms with van der Waals surface area (Å²) in [6.45, 7) is 0.0693. The molecule has 1 aliphatic heterocycles. The van der Waals surface area contributed by atoms with E-state index in [0.717, 1.165) is 38.5 Å². The quantitative estimate of drug-likeness (QED) is 0.555. The molecule has 4 saturated carbocycles. The first kappa shape index (κ1) is 19.6. The van der Waals surface area contributed by atoms with E-state index in [4.69, 9.17) is 0 Å². The van der Waals surface area contributed by atoms with Gasteiger partial charge in [-0.05, 0) is 56.4 Å². The lowest BCUT2D eigenvalue weighted by Crippen LogP contribution is -2.51. The third-order valence-electron chi connectivity index (χ3n) is 7.40. The minimum atomic E-state index is -0.845. The highest BCUT2D eigenvalue weighted by atomic mass is 19.1. The first-order valence-electron chi connectivity index (χ1n) is 11.2. The Morgan fingerprint density at radius 1 is 1.09 bits per heavy atom. The van der Waals surface area contributed by atoms with Gasteiger partial charge in [0.05, 0.1) is 23.7 Å². The number of H-pyrrole nitrogens is 1. The van der Waals surface area contributed by atoms with Crippen molar-refractivity contribution in [3.63, 3.8) is 0 Å². The van der Waals surface area contributed by atoms with Gasteiger partial charge in [-0.2, -0.15) is 5.10 Å². The molecule has 0 radical (unpaired) electrons. The van der Waals surface area contributed by atoms with Gasteiger partial charge in [0, 0.05) is 12.0 Å². The van der Waals surface area contributed by atoms with Crippen LogP contribution in [0.2, 0.25) is 0 Å². The van der Waals surface area contributed by atoms with Crippen molar-refractivity contribution in [2.24, 2.45) is 17.8 Å². The maximum atomic E-state index is 15.5. The summed E-state index contributed by atoms with van der Waals surface area (Å²) in [6.07, 6.45) is 6.72. The lowest BCUT2D eigenvalue weighted by Gasteiger charge is -2.47. The van der Waals surface area contributed by atoms with E-state index in [-0.39, 0.29) is 47.8 Å². The van der Waals surface area contributed by atoms with Gasteiger partial charge in [0.1, 0.15) is 17.3 Å². The topological polar surface area (TPSA) is 116 Å².